The molecule has 9 nitrogen and oxygen atoms in total. The molecule has 6 aliphatic rings. The van der Waals surface area contributed by atoms with Crippen LogP contribution in [0.2, 0.25) is 0 Å². The number of aliphatic hydroxyl groups is 3. The largest absolute Gasteiger partial charge is 0.487 e. The first kappa shape index (κ1) is 40.0. The maximum Gasteiger partial charge on any atom is 0.306 e. The number of Topliss-reactive ketones (excluding diaryl/α,β-unsaturated/α-hetero) is 1. The number of allylic oxidation sites excluding steroid dienone is 4. The number of benzene rings is 1. The van der Waals surface area contributed by atoms with Crippen LogP contribution in [-0.2, 0) is 23.9 Å². The molecule has 1 aromatic carbocycles. The highest BCUT2D eigenvalue weighted by Crippen LogP contribution is 2.65. The molecule has 0 spiro atoms. The number of ether oxygens (including phenoxy) is 3. The van der Waals surface area contributed by atoms with Crippen LogP contribution in [-0.4, -0.2) is 76.6 Å². The van der Waals surface area contributed by atoms with Crippen molar-refractivity contribution >= 4 is 17.5 Å². The SMILES string of the molecule is C[C@]12CCC(=O)C=C1CC[C@@H]1C2=CC[C@@]2(C)[C@H]1CC[C@]2(O)C(=O)COC(=O)CCC[C@@H]1CC[C@H]2[C@H](/C=C/[C@H](O)COc3cc(F)ccc3F)[C@@H](O)C[C@H]2OC1. The molecule has 11 atom stereocenters. The first-order valence-electron chi connectivity index (χ1n) is 20.3. The number of hydrogen-bond donors (Lipinski definition) is 3. The number of fused-ring (bicyclic) bond motifs is 6. The summed E-state index contributed by atoms with van der Waals surface area (Å²) in [4.78, 5) is 38.6. The Hall–Kier alpha value is -3.25. The average molecular weight is 767 g/mol. The van der Waals surface area contributed by atoms with Crippen molar-refractivity contribution < 1.29 is 52.7 Å². The zero-order valence-electron chi connectivity index (χ0n) is 32.0. The minimum Gasteiger partial charge on any atom is -0.487 e. The van der Waals surface area contributed by atoms with Crippen molar-refractivity contribution in [1.82, 2.24) is 0 Å². The van der Waals surface area contributed by atoms with Gasteiger partial charge < -0.3 is 29.5 Å². The Morgan fingerprint density at radius 2 is 1.93 bits per heavy atom. The molecule has 7 rings (SSSR count). The summed E-state index contributed by atoms with van der Waals surface area (Å²) < 4.78 is 44.3. The summed E-state index contributed by atoms with van der Waals surface area (Å²) in [5.41, 5.74) is 0.267. The van der Waals surface area contributed by atoms with Crippen LogP contribution < -0.4 is 4.74 Å². The third kappa shape index (κ3) is 7.75. The zero-order chi connectivity index (χ0) is 39.1. The Kier molecular flexibility index (Phi) is 11.6. The molecule has 1 heterocycles. The van der Waals surface area contributed by atoms with Gasteiger partial charge in [0.15, 0.2) is 24.0 Å². The molecule has 55 heavy (non-hydrogen) atoms. The quantitative estimate of drug-likeness (QED) is 0.160. The lowest BCUT2D eigenvalue weighted by Gasteiger charge is -2.54. The summed E-state index contributed by atoms with van der Waals surface area (Å²) in [6, 6.07) is 2.87. The summed E-state index contributed by atoms with van der Waals surface area (Å²) in [6.07, 6.45) is 13.9. The highest BCUT2D eigenvalue weighted by atomic mass is 19.1. The molecule has 1 aromatic rings. The third-order valence-electron chi connectivity index (χ3n) is 14.5. The van der Waals surface area contributed by atoms with E-state index in [-0.39, 0.29) is 65.7 Å². The number of halogens is 2. The van der Waals surface area contributed by atoms with E-state index in [0.29, 0.717) is 38.7 Å². The number of ketones is 2. The Morgan fingerprint density at radius 3 is 2.75 bits per heavy atom. The van der Waals surface area contributed by atoms with E-state index in [1.807, 2.05) is 13.0 Å². The van der Waals surface area contributed by atoms with Crippen molar-refractivity contribution in [3.8, 4) is 5.75 Å². The first-order valence-corrected chi connectivity index (χ1v) is 20.3. The Morgan fingerprint density at radius 1 is 1.11 bits per heavy atom. The van der Waals surface area contributed by atoms with Crippen molar-refractivity contribution in [3.05, 3.63) is 65.3 Å². The van der Waals surface area contributed by atoms with Gasteiger partial charge in [0.1, 0.15) is 24.1 Å². The fourth-order valence-electron chi connectivity index (χ4n) is 11.2. The second-order valence-corrected chi connectivity index (χ2v) is 17.6. The molecule has 5 aliphatic carbocycles. The first-order chi connectivity index (χ1) is 26.2. The van der Waals surface area contributed by atoms with Crippen LogP contribution in [0.15, 0.2) is 53.6 Å². The monoisotopic (exact) mass is 766 g/mol. The van der Waals surface area contributed by atoms with Gasteiger partial charge in [-0.2, -0.15) is 0 Å². The standard InChI is InChI=1S/C44H56F2O9/c1-42-17-14-29(47)20-27(42)7-11-33-34(42)15-18-43(2)35(33)16-19-44(43,52)40(50)25-55-41(51)5-3-4-26-6-10-32-31(37(49)22-38(32)53-23-26)12-9-30(48)24-54-39-21-28(45)8-13-36(39)46/h8-9,12-13,15,20-21,26,30-33,35,37-38,48-49,52H,3-7,10-11,14,16-19,22-25H2,1-2H3/b12-9+/t26-,30+,31+,32+,33-,35+,37+,38-,42+,43+,44+/m1/s1. The molecular weight excluding hydrogens is 710 g/mol. The molecule has 3 N–H and O–H groups in total. The number of rotatable bonds is 12. The Labute approximate surface area is 322 Å². The lowest BCUT2D eigenvalue weighted by molar-refractivity contribution is -0.163. The predicted octanol–water partition coefficient (Wildman–Crippen LogP) is 6.52. The molecule has 300 valence electrons. The maximum absolute atomic E-state index is 13.9. The Bertz CT molecular complexity index is 1740. The van der Waals surface area contributed by atoms with Gasteiger partial charge in [-0.3, -0.25) is 14.4 Å². The fourth-order valence-corrected chi connectivity index (χ4v) is 11.2. The summed E-state index contributed by atoms with van der Waals surface area (Å²) in [7, 11) is 0. The molecule has 0 amide bonds. The molecule has 1 saturated heterocycles. The number of carbonyl (C=O) groups is 3. The molecule has 0 aromatic heterocycles. The molecule has 11 heteroatoms. The second-order valence-electron chi connectivity index (χ2n) is 17.6. The maximum atomic E-state index is 13.9. The van der Waals surface area contributed by atoms with E-state index in [1.165, 1.54) is 17.2 Å². The van der Waals surface area contributed by atoms with Crippen LogP contribution in [0.3, 0.4) is 0 Å². The minimum absolute atomic E-state index is 0.0449. The van der Waals surface area contributed by atoms with Crippen LogP contribution in [0.5, 0.6) is 5.75 Å². The van der Waals surface area contributed by atoms with Gasteiger partial charge >= 0.3 is 5.97 Å². The van der Waals surface area contributed by atoms with E-state index in [1.54, 1.807) is 6.08 Å². The van der Waals surface area contributed by atoms with Gasteiger partial charge in [-0.1, -0.05) is 43.2 Å². The highest BCUT2D eigenvalue weighted by Gasteiger charge is 2.64. The Balaban J connectivity index is 0.853. The topological polar surface area (TPSA) is 140 Å². The molecule has 0 unspecified atom stereocenters. The van der Waals surface area contributed by atoms with E-state index >= 15 is 0 Å². The molecular formula is C44H56F2O9. The fraction of sp³-hybridized carbons (Fsp3) is 0.659. The third-order valence-corrected chi connectivity index (χ3v) is 14.5. The van der Waals surface area contributed by atoms with Crippen LogP contribution in [0, 0.1) is 52.1 Å². The van der Waals surface area contributed by atoms with Gasteiger partial charge in [0.05, 0.1) is 12.2 Å². The van der Waals surface area contributed by atoms with Crippen LogP contribution >= 0.6 is 0 Å². The molecule has 1 aliphatic heterocycles. The van der Waals surface area contributed by atoms with E-state index in [4.69, 9.17) is 14.2 Å². The molecule has 0 bridgehead atoms. The summed E-state index contributed by atoms with van der Waals surface area (Å²) >= 11 is 0. The molecule has 0 radical (unpaired) electrons. The van der Waals surface area contributed by atoms with Crippen molar-refractivity contribution in [2.75, 3.05) is 19.8 Å². The van der Waals surface area contributed by atoms with Crippen molar-refractivity contribution in [3.63, 3.8) is 0 Å². The average Bonchev–Trinajstić information content (AvgIpc) is 3.53. The van der Waals surface area contributed by atoms with Gasteiger partial charge in [-0.25, -0.2) is 8.78 Å². The van der Waals surface area contributed by atoms with Gasteiger partial charge in [0.2, 0.25) is 5.78 Å². The number of aliphatic hydroxyl groups excluding tert-OH is 2. The van der Waals surface area contributed by atoms with Crippen molar-refractivity contribution in [2.24, 2.45) is 40.4 Å². The predicted molar refractivity (Wildman–Crippen MR) is 199 cm³/mol. The summed E-state index contributed by atoms with van der Waals surface area (Å²) in [5.74, 6) is -1.91. The molecule has 3 saturated carbocycles. The summed E-state index contributed by atoms with van der Waals surface area (Å²) in [5, 5.41) is 33.2. The summed E-state index contributed by atoms with van der Waals surface area (Å²) in [6.45, 7) is 4.07. The zero-order valence-corrected chi connectivity index (χ0v) is 32.0. The van der Waals surface area contributed by atoms with Crippen LogP contribution in [0.4, 0.5) is 8.78 Å². The van der Waals surface area contributed by atoms with Gasteiger partial charge in [-0.05, 0) is 106 Å². The lowest BCUT2D eigenvalue weighted by atomic mass is 9.50. The normalized spacial score (nSPS) is 37.5. The minimum atomic E-state index is -1.57. The van der Waals surface area contributed by atoms with Crippen LogP contribution in [0.25, 0.3) is 0 Å². The smallest absolute Gasteiger partial charge is 0.306 e. The van der Waals surface area contributed by atoms with Gasteiger partial charge in [-0.15, -0.1) is 0 Å². The van der Waals surface area contributed by atoms with Crippen molar-refractivity contribution in [2.45, 2.75) is 121 Å². The van der Waals surface area contributed by atoms with E-state index in [2.05, 4.69) is 13.0 Å². The number of carbonyl (C=O) groups excluding carboxylic acids is 3. The van der Waals surface area contributed by atoms with Gasteiger partial charge in [0.25, 0.3) is 0 Å². The van der Waals surface area contributed by atoms with Crippen LogP contribution in [0.1, 0.15) is 97.3 Å². The molecule has 4 fully saturated rings. The van der Waals surface area contributed by atoms with E-state index in [0.717, 1.165) is 63.1 Å². The highest BCUT2D eigenvalue weighted by molar-refractivity contribution is 5.92. The number of hydrogen-bond acceptors (Lipinski definition) is 9. The van der Waals surface area contributed by atoms with Crippen molar-refractivity contribution in [1.29, 1.82) is 0 Å². The second kappa shape index (κ2) is 15.9. The van der Waals surface area contributed by atoms with E-state index in [9.17, 15) is 38.5 Å². The van der Waals surface area contributed by atoms with E-state index < -0.39 is 53.2 Å². The number of esters is 1. The van der Waals surface area contributed by atoms with Gasteiger partial charge in [0, 0.05) is 48.7 Å². The lowest BCUT2D eigenvalue weighted by Crippen LogP contribution is -2.55.